The van der Waals surface area contributed by atoms with Gasteiger partial charge < -0.3 is 4.74 Å². The summed E-state index contributed by atoms with van der Waals surface area (Å²) in [6.07, 6.45) is 0.754. The lowest BCUT2D eigenvalue weighted by Crippen LogP contribution is -1.96. The molecule has 0 bridgehead atoms. The van der Waals surface area contributed by atoms with Crippen LogP contribution >= 0.6 is 27.5 Å². The van der Waals surface area contributed by atoms with Crippen molar-refractivity contribution in [3.8, 4) is 5.75 Å². The van der Waals surface area contributed by atoms with E-state index in [-0.39, 0.29) is 0 Å². The van der Waals surface area contributed by atoms with Gasteiger partial charge in [-0.05, 0) is 35.9 Å². The molecule has 0 N–H and O–H groups in total. The molecule has 2 aromatic rings. The van der Waals surface area contributed by atoms with E-state index in [0.717, 1.165) is 16.3 Å². The molecule has 18 heavy (non-hydrogen) atoms. The molecule has 0 aromatic heterocycles. The van der Waals surface area contributed by atoms with E-state index in [0.29, 0.717) is 22.9 Å². The van der Waals surface area contributed by atoms with Gasteiger partial charge in [0.1, 0.15) is 18.6 Å². The van der Waals surface area contributed by atoms with Gasteiger partial charge in [-0.2, -0.15) is 0 Å². The van der Waals surface area contributed by atoms with Gasteiger partial charge in [0.25, 0.3) is 0 Å². The van der Waals surface area contributed by atoms with Crippen LogP contribution in [0.15, 0.2) is 46.9 Å². The SMILES string of the molecule is O=Cc1ccc(OCc2cccc(Br)c2)c(Cl)c1. The van der Waals surface area contributed by atoms with Crippen LogP contribution in [0.4, 0.5) is 0 Å². The van der Waals surface area contributed by atoms with Crippen molar-refractivity contribution >= 4 is 33.8 Å². The fourth-order valence-electron chi connectivity index (χ4n) is 1.50. The lowest BCUT2D eigenvalue weighted by atomic mass is 10.2. The fourth-order valence-corrected chi connectivity index (χ4v) is 2.19. The maximum absolute atomic E-state index is 10.6. The monoisotopic (exact) mass is 324 g/mol. The zero-order valence-electron chi connectivity index (χ0n) is 9.40. The third-order valence-corrected chi connectivity index (χ3v) is 3.16. The minimum atomic E-state index is 0.430. The van der Waals surface area contributed by atoms with Crippen molar-refractivity contribution in [2.24, 2.45) is 0 Å². The first-order chi connectivity index (χ1) is 8.69. The average molecular weight is 326 g/mol. The number of carbonyl (C=O) groups excluding carboxylic acids is 1. The zero-order valence-corrected chi connectivity index (χ0v) is 11.7. The summed E-state index contributed by atoms with van der Waals surface area (Å²) in [6.45, 7) is 0.430. The van der Waals surface area contributed by atoms with Crippen LogP contribution in [0.1, 0.15) is 15.9 Å². The Balaban J connectivity index is 2.08. The van der Waals surface area contributed by atoms with Gasteiger partial charge in [-0.1, -0.05) is 39.7 Å². The highest BCUT2D eigenvalue weighted by molar-refractivity contribution is 9.10. The largest absolute Gasteiger partial charge is 0.487 e. The molecule has 4 heteroatoms. The second kappa shape index (κ2) is 6.03. The van der Waals surface area contributed by atoms with Crippen molar-refractivity contribution < 1.29 is 9.53 Å². The highest BCUT2D eigenvalue weighted by Crippen LogP contribution is 2.26. The quantitative estimate of drug-likeness (QED) is 0.774. The highest BCUT2D eigenvalue weighted by atomic mass is 79.9. The van der Waals surface area contributed by atoms with Crippen LogP contribution in [0, 0.1) is 0 Å². The van der Waals surface area contributed by atoms with Gasteiger partial charge in [0.15, 0.2) is 0 Å². The summed E-state index contributed by atoms with van der Waals surface area (Å²) in [5, 5.41) is 0.439. The molecular weight excluding hydrogens is 316 g/mol. The second-order valence-electron chi connectivity index (χ2n) is 3.73. The molecule has 0 saturated heterocycles. The third-order valence-electron chi connectivity index (χ3n) is 2.38. The van der Waals surface area contributed by atoms with E-state index in [9.17, 15) is 4.79 Å². The predicted octanol–water partition coefficient (Wildman–Crippen LogP) is 4.49. The minimum absolute atomic E-state index is 0.430. The van der Waals surface area contributed by atoms with Crippen LogP contribution in [-0.4, -0.2) is 6.29 Å². The number of hydrogen-bond acceptors (Lipinski definition) is 2. The number of ether oxygens (including phenoxy) is 1. The smallest absolute Gasteiger partial charge is 0.150 e. The molecule has 2 aromatic carbocycles. The standard InChI is InChI=1S/C14H10BrClO2/c15-12-3-1-2-11(6-12)9-18-14-5-4-10(8-17)7-13(14)16/h1-8H,9H2. The molecule has 0 saturated carbocycles. The number of aldehydes is 1. The number of benzene rings is 2. The molecule has 0 radical (unpaired) electrons. The molecule has 0 spiro atoms. The number of halogens is 2. The van der Waals surface area contributed by atoms with E-state index in [2.05, 4.69) is 15.9 Å². The van der Waals surface area contributed by atoms with E-state index in [1.54, 1.807) is 18.2 Å². The second-order valence-corrected chi connectivity index (χ2v) is 5.05. The molecular formula is C14H10BrClO2. The van der Waals surface area contributed by atoms with E-state index in [4.69, 9.17) is 16.3 Å². The summed E-state index contributed by atoms with van der Waals surface area (Å²) in [4.78, 5) is 10.6. The van der Waals surface area contributed by atoms with E-state index in [1.165, 1.54) is 0 Å². The van der Waals surface area contributed by atoms with E-state index < -0.39 is 0 Å². The van der Waals surface area contributed by atoms with Crippen LogP contribution in [-0.2, 0) is 6.61 Å². The van der Waals surface area contributed by atoms with E-state index in [1.807, 2.05) is 24.3 Å². The molecule has 0 atom stereocenters. The lowest BCUT2D eigenvalue weighted by Gasteiger charge is -2.08. The van der Waals surface area contributed by atoms with Gasteiger partial charge in [0.05, 0.1) is 5.02 Å². The molecule has 0 aliphatic heterocycles. The number of carbonyl (C=O) groups is 1. The molecule has 0 unspecified atom stereocenters. The Morgan fingerprint density at radius 1 is 1.22 bits per heavy atom. The maximum Gasteiger partial charge on any atom is 0.150 e. The Hall–Kier alpha value is -1.32. The Morgan fingerprint density at radius 3 is 2.72 bits per heavy atom. The lowest BCUT2D eigenvalue weighted by molar-refractivity contribution is 0.112. The predicted molar refractivity (Wildman–Crippen MR) is 75.3 cm³/mol. The zero-order chi connectivity index (χ0) is 13.0. The van der Waals surface area contributed by atoms with Gasteiger partial charge in [-0.3, -0.25) is 4.79 Å². The highest BCUT2D eigenvalue weighted by Gasteiger charge is 2.03. The molecule has 0 amide bonds. The molecule has 0 heterocycles. The maximum atomic E-state index is 10.6. The van der Waals surface area contributed by atoms with Crippen LogP contribution in [0.2, 0.25) is 5.02 Å². The minimum Gasteiger partial charge on any atom is -0.487 e. The third kappa shape index (κ3) is 3.34. The summed E-state index contributed by atoms with van der Waals surface area (Å²) < 4.78 is 6.61. The Bertz CT molecular complexity index is 569. The Morgan fingerprint density at radius 2 is 2.06 bits per heavy atom. The van der Waals surface area contributed by atoms with Gasteiger partial charge in [-0.15, -0.1) is 0 Å². The van der Waals surface area contributed by atoms with Crippen LogP contribution < -0.4 is 4.74 Å². The first-order valence-electron chi connectivity index (χ1n) is 5.31. The summed E-state index contributed by atoms with van der Waals surface area (Å²) in [5.74, 6) is 0.572. The summed E-state index contributed by atoms with van der Waals surface area (Å²) in [6, 6.07) is 12.8. The van der Waals surface area contributed by atoms with Gasteiger partial charge in [0.2, 0.25) is 0 Å². The van der Waals surface area contributed by atoms with Crippen molar-refractivity contribution in [1.82, 2.24) is 0 Å². The number of hydrogen-bond donors (Lipinski definition) is 0. The van der Waals surface area contributed by atoms with Crippen molar-refractivity contribution in [2.45, 2.75) is 6.61 Å². The summed E-state index contributed by atoms with van der Waals surface area (Å²) >= 11 is 9.41. The van der Waals surface area contributed by atoms with Crippen molar-refractivity contribution in [1.29, 1.82) is 0 Å². The van der Waals surface area contributed by atoms with Gasteiger partial charge >= 0.3 is 0 Å². The first kappa shape index (κ1) is 13.1. The average Bonchev–Trinajstić information content (AvgIpc) is 2.37. The molecule has 0 aliphatic rings. The van der Waals surface area contributed by atoms with Crippen LogP contribution in [0.25, 0.3) is 0 Å². The van der Waals surface area contributed by atoms with Gasteiger partial charge in [0, 0.05) is 10.0 Å². The fraction of sp³-hybridized carbons (Fsp3) is 0.0714. The molecule has 0 aliphatic carbocycles. The first-order valence-corrected chi connectivity index (χ1v) is 6.48. The van der Waals surface area contributed by atoms with Crippen molar-refractivity contribution in [3.63, 3.8) is 0 Å². The summed E-state index contributed by atoms with van der Waals surface area (Å²) in [5.41, 5.74) is 1.58. The Labute approximate surface area is 119 Å². The molecule has 2 nitrogen and oxygen atoms in total. The Kier molecular flexibility index (Phi) is 4.39. The summed E-state index contributed by atoms with van der Waals surface area (Å²) in [7, 11) is 0. The molecule has 92 valence electrons. The van der Waals surface area contributed by atoms with E-state index >= 15 is 0 Å². The van der Waals surface area contributed by atoms with Crippen LogP contribution in [0.5, 0.6) is 5.75 Å². The van der Waals surface area contributed by atoms with Crippen molar-refractivity contribution in [3.05, 3.63) is 63.1 Å². The molecule has 0 fully saturated rings. The number of rotatable bonds is 4. The van der Waals surface area contributed by atoms with Gasteiger partial charge in [-0.25, -0.2) is 0 Å². The molecule has 2 rings (SSSR count). The van der Waals surface area contributed by atoms with Crippen molar-refractivity contribution in [2.75, 3.05) is 0 Å². The topological polar surface area (TPSA) is 26.3 Å². The normalized spacial score (nSPS) is 10.1. The van der Waals surface area contributed by atoms with Crippen LogP contribution in [0.3, 0.4) is 0 Å².